The highest BCUT2D eigenvalue weighted by molar-refractivity contribution is 5.79. The molecule has 1 aliphatic heterocycles. The molecule has 1 amide bonds. The summed E-state index contributed by atoms with van der Waals surface area (Å²) in [5, 5.41) is 10.7. The lowest BCUT2D eigenvalue weighted by Crippen LogP contribution is -2.50. The second kappa shape index (κ2) is 5.27. The van der Waals surface area contributed by atoms with E-state index in [0.29, 0.717) is 31.6 Å². The van der Waals surface area contributed by atoms with Crippen molar-refractivity contribution in [2.24, 2.45) is 5.73 Å². The number of hydrogen-bond acceptors (Lipinski definition) is 4. The molecule has 0 spiro atoms. The number of carbonyl (C=O) groups excluding carboxylic acids is 1. The number of aromatic nitrogens is 1. The number of rotatable bonds is 3. The van der Waals surface area contributed by atoms with Gasteiger partial charge in [-0.1, -0.05) is 6.07 Å². The molecule has 5 nitrogen and oxygen atoms in total. The molecule has 3 N–H and O–H groups in total. The molecule has 1 aliphatic rings. The summed E-state index contributed by atoms with van der Waals surface area (Å²) in [6, 6.07) is 3.55. The number of hydrogen-bond donors (Lipinski definition) is 2. The van der Waals surface area contributed by atoms with Gasteiger partial charge in [-0.05, 0) is 38.3 Å². The molecule has 19 heavy (non-hydrogen) atoms. The molecule has 0 bridgehead atoms. The lowest BCUT2D eigenvalue weighted by molar-refractivity contribution is -0.124. The van der Waals surface area contributed by atoms with Crippen LogP contribution in [0.25, 0.3) is 0 Å². The number of piperidine rings is 1. The van der Waals surface area contributed by atoms with Crippen LogP contribution < -0.4 is 5.73 Å². The van der Waals surface area contributed by atoms with Crippen LogP contribution in [-0.4, -0.2) is 40.0 Å². The average Bonchev–Trinajstić information content (AvgIpc) is 2.39. The van der Waals surface area contributed by atoms with E-state index in [4.69, 9.17) is 5.73 Å². The van der Waals surface area contributed by atoms with E-state index in [1.165, 1.54) is 0 Å². The Morgan fingerprint density at radius 3 is 2.58 bits per heavy atom. The molecule has 0 unspecified atom stereocenters. The van der Waals surface area contributed by atoms with Crippen LogP contribution in [0.2, 0.25) is 0 Å². The van der Waals surface area contributed by atoms with Crippen LogP contribution in [0.5, 0.6) is 0 Å². The zero-order chi connectivity index (χ0) is 14.0. The molecule has 1 fully saturated rings. The van der Waals surface area contributed by atoms with E-state index in [-0.39, 0.29) is 11.9 Å². The van der Waals surface area contributed by atoms with Crippen molar-refractivity contribution >= 4 is 5.91 Å². The third-order valence-corrected chi connectivity index (χ3v) is 3.97. The summed E-state index contributed by atoms with van der Waals surface area (Å²) in [4.78, 5) is 17.5. The summed E-state index contributed by atoms with van der Waals surface area (Å²) >= 11 is 0. The Hall–Kier alpha value is -1.46. The first-order chi connectivity index (χ1) is 8.92. The fourth-order valence-electron chi connectivity index (χ4n) is 2.46. The fourth-order valence-corrected chi connectivity index (χ4v) is 2.46. The molecule has 0 radical (unpaired) electrons. The predicted octanol–water partition coefficient (Wildman–Crippen LogP) is 0.547. The summed E-state index contributed by atoms with van der Waals surface area (Å²) < 4.78 is 0. The Balaban J connectivity index is 2.05. The minimum Gasteiger partial charge on any atom is -0.383 e. The summed E-state index contributed by atoms with van der Waals surface area (Å²) in [5.74, 6) is -0.320. The van der Waals surface area contributed by atoms with Gasteiger partial charge in [0.05, 0.1) is 11.7 Å². The number of pyridine rings is 1. The van der Waals surface area contributed by atoms with Gasteiger partial charge >= 0.3 is 0 Å². The molecule has 5 heteroatoms. The van der Waals surface area contributed by atoms with Crippen LogP contribution in [0.1, 0.15) is 31.0 Å². The van der Waals surface area contributed by atoms with Crippen molar-refractivity contribution in [2.45, 2.75) is 38.3 Å². The number of aryl methyl sites for hydroxylation is 1. The van der Waals surface area contributed by atoms with Crippen LogP contribution >= 0.6 is 0 Å². The van der Waals surface area contributed by atoms with Crippen molar-refractivity contribution in [3.05, 3.63) is 29.6 Å². The monoisotopic (exact) mass is 263 g/mol. The number of nitrogens with two attached hydrogens (primary N) is 1. The van der Waals surface area contributed by atoms with Gasteiger partial charge in [-0.2, -0.15) is 0 Å². The first-order valence-electron chi connectivity index (χ1n) is 6.61. The second-order valence-corrected chi connectivity index (χ2v) is 5.37. The van der Waals surface area contributed by atoms with Gasteiger partial charge < -0.3 is 10.8 Å². The number of carbonyl (C=O) groups is 1. The van der Waals surface area contributed by atoms with E-state index in [2.05, 4.69) is 4.98 Å². The smallest absolute Gasteiger partial charge is 0.234 e. The number of aliphatic hydroxyl groups is 1. The van der Waals surface area contributed by atoms with Crippen LogP contribution in [0.15, 0.2) is 18.3 Å². The van der Waals surface area contributed by atoms with Crippen molar-refractivity contribution in [3.8, 4) is 0 Å². The topological polar surface area (TPSA) is 79.5 Å². The van der Waals surface area contributed by atoms with Crippen LogP contribution in [0.3, 0.4) is 0 Å². The number of amides is 1. The zero-order valence-electron chi connectivity index (χ0n) is 11.5. The summed E-state index contributed by atoms with van der Waals surface area (Å²) in [7, 11) is 0. The van der Waals surface area contributed by atoms with E-state index in [1.54, 1.807) is 13.1 Å². The molecule has 1 saturated heterocycles. The summed E-state index contributed by atoms with van der Waals surface area (Å²) in [6.45, 7) is 5.07. The molecular weight excluding hydrogens is 242 g/mol. The third-order valence-electron chi connectivity index (χ3n) is 3.97. The largest absolute Gasteiger partial charge is 0.383 e. The second-order valence-electron chi connectivity index (χ2n) is 5.37. The predicted molar refractivity (Wildman–Crippen MR) is 72.3 cm³/mol. The van der Waals surface area contributed by atoms with Crippen molar-refractivity contribution in [1.82, 2.24) is 9.88 Å². The molecule has 2 heterocycles. The van der Waals surface area contributed by atoms with Crippen LogP contribution in [0.4, 0.5) is 0 Å². The Labute approximate surface area is 113 Å². The molecule has 1 aromatic rings. The highest BCUT2D eigenvalue weighted by Gasteiger charge is 2.37. The maximum absolute atomic E-state index is 11.2. The van der Waals surface area contributed by atoms with E-state index in [1.807, 2.05) is 24.0 Å². The molecule has 104 valence electrons. The fraction of sp³-hybridized carbons (Fsp3) is 0.571. The minimum atomic E-state index is -0.887. The van der Waals surface area contributed by atoms with Crippen LogP contribution in [0, 0.1) is 6.92 Å². The van der Waals surface area contributed by atoms with E-state index >= 15 is 0 Å². The Morgan fingerprint density at radius 1 is 1.47 bits per heavy atom. The maximum Gasteiger partial charge on any atom is 0.234 e. The summed E-state index contributed by atoms with van der Waals surface area (Å²) in [6.07, 6.45) is 2.91. The maximum atomic E-state index is 11.2. The van der Waals surface area contributed by atoms with Gasteiger partial charge in [0.25, 0.3) is 0 Å². The Morgan fingerprint density at radius 2 is 2.11 bits per heavy atom. The molecule has 0 aliphatic carbocycles. The Kier molecular flexibility index (Phi) is 3.87. The standard InChI is InChI=1S/C14H21N3O2/c1-10-3-4-12(16-9-10)14(19)5-7-17(8-6-14)11(2)13(15)18/h3-4,9,11,19H,5-8H2,1-2H3,(H2,15,18)/t11-/m1/s1. The zero-order valence-corrected chi connectivity index (χ0v) is 11.5. The van der Waals surface area contributed by atoms with E-state index in [9.17, 15) is 9.90 Å². The average molecular weight is 263 g/mol. The minimum absolute atomic E-state index is 0.282. The van der Waals surface area contributed by atoms with Crippen molar-refractivity contribution < 1.29 is 9.90 Å². The Bertz CT molecular complexity index is 450. The highest BCUT2D eigenvalue weighted by atomic mass is 16.3. The SMILES string of the molecule is Cc1ccc(C2(O)CCN([C@H](C)C(N)=O)CC2)nc1. The van der Waals surface area contributed by atoms with Gasteiger partial charge in [-0.3, -0.25) is 14.7 Å². The molecule has 0 aromatic carbocycles. The van der Waals surface area contributed by atoms with E-state index in [0.717, 1.165) is 5.56 Å². The van der Waals surface area contributed by atoms with Gasteiger partial charge in [-0.25, -0.2) is 0 Å². The number of nitrogens with zero attached hydrogens (tertiary/aromatic N) is 2. The first kappa shape index (κ1) is 14.0. The first-order valence-corrected chi connectivity index (χ1v) is 6.61. The molecular formula is C14H21N3O2. The van der Waals surface area contributed by atoms with Crippen molar-refractivity contribution in [1.29, 1.82) is 0 Å². The lowest BCUT2D eigenvalue weighted by Gasteiger charge is -2.39. The molecule has 1 atom stereocenters. The van der Waals surface area contributed by atoms with Gasteiger partial charge in [-0.15, -0.1) is 0 Å². The quantitative estimate of drug-likeness (QED) is 0.834. The van der Waals surface area contributed by atoms with E-state index < -0.39 is 5.60 Å². The molecule has 0 saturated carbocycles. The summed E-state index contributed by atoms with van der Waals surface area (Å²) in [5.41, 5.74) is 6.21. The van der Waals surface area contributed by atoms with Gasteiger partial charge in [0.2, 0.25) is 5.91 Å². The number of likely N-dealkylation sites (tertiary alicyclic amines) is 1. The number of primary amides is 1. The lowest BCUT2D eigenvalue weighted by atomic mass is 9.87. The van der Waals surface area contributed by atoms with Crippen LogP contribution in [-0.2, 0) is 10.4 Å². The highest BCUT2D eigenvalue weighted by Crippen LogP contribution is 2.32. The third kappa shape index (κ3) is 2.93. The van der Waals surface area contributed by atoms with Gasteiger partial charge in [0, 0.05) is 19.3 Å². The van der Waals surface area contributed by atoms with Crippen molar-refractivity contribution in [2.75, 3.05) is 13.1 Å². The molecule has 2 rings (SSSR count). The van der Waals surface area contributed by atoms with Crippen molar-refractivity contribution in [3.63, 3.8) is 0 Å². The normalized spacial score (nSPS) is 21.0. The van der Waals surface area contributed by atoms with Gasteiger partial charge in [0.1, 0.15) is 5.60 Å². The van der Waals surface area contributed by atoms with Gasteiger partial charge in [0.15, 0.2) is 0 Å². The molecule has 1 aromatic heterocycles.